The molecule has 0 aromatic heterocycles. The maximum Gasteiger partial charge on any atom is 0.297 e. The SMILES string of the molecule is Cc1ccc(S(=O)(=O)OC/C=C\c2cccc3c2OC2OC3Oc3c(CCCOS(=O)(=O)c4ccc(C)cc4)cccc32)cc1. The number of fused-ring (bicyclic) bond motifs is 6. The number of aryl methyl sites for hydroxylation is 3. The maximum absolute atomic E-state index is 12.5. The fourth-order valence-electron chi connectivity index (χ4n) is 5.09. The zero-order chi connectivity index (χ0) is 31.6. The molecule has 2 aliphatic rings. The number of ether oxygens (including phenoxy) is 3. The standard InChI is InChI=1S/C34H32O9S2/c1-23-13-17-27(18-14-23)44(35,36)39-21-5-9-25-7-3-11-29-31(25)41-34-30-12-4-8-26(32(30)42-33(29)43-34)10-6-22-40-45(37,38)28-19-15-24(2)16-20-28/h3-5,7-9,11-20,33-34H,6,10,21-22H2,1-2H3/b9-5-. The molecular formula is C34H32O9S2. The van der Waals surface area contributed by atoms with Crippen LogP contribution < -0.4 is 9.47 Å². The number of para-hydroxylation sites is 2. The molecule has 2 unspecified atom stereocenters. The molecule has 234 valence electrons. The van der Waals surface area contributed by atoms with Gasteiger partial charge < -0.3 is 9.47 Å². The van der Waals surface area contributed by atoms with E-state index in [9.17, 15) is 16.8 Å². The van der Waals surface area contributed by atoms with Crippen LogP contribution in [0.5, 0.6) is 11.5 Å². The lowest BCUT2D eigenvalue weighted by atomic mass is 10.0. The summed E-state index contributed by atoms with van der Waals surface area (Å²) in [7, 11) is -7.73. The van der Waals surface area contributed by atoms with Gasteiger partial charge in [0.25, 0.3) is 20.2 Å². The Kier molecular flexibility index (Phi) is 8.80. The van der Waals surface area contributed by atoms with Gasteiger partial charge in [-0.3, -0.25) is 13.1 Å². The second kappa shape index (κ2) is 12.8. The van der Waals surface area contributed by atoms with Crippen molar-refractivity contribution in [1.29, 1.82) is 0 Å². The van der Waals surface area contributed by atoms with E-state index in [1.54, 1.807) is 36.4 Å². The molecule has 0 N–H and O–H groups in total. The first-order valence-electron chi connectivity index (χ1n) is 14.4. The van der Waals surface area contributed by atoms with Gasteiger partial charge in [0.15, 0.2) is 0 Å². The van der Waals surface area contributed by atoms with Crippen molar-refractivity contribution < 1.29 is 39.4 Å². The minimum Gasteiger partial charge on any atom is -0.459 e. The summed E-state index contributed by atoms with van der Waals surface area (Å²) in [6, 6.07) is 24.2. The molecule has 9 nitrogen and oxygen atoms in total. The Labute approximate surface area is 263 Å². The van der Waals surface area contributed by atoms with Crippen molar-refractivity contribution in [1.82, 2.24) is 0 Å². The normalized spacial score (nSPS) is 17.3. The van der Waals surface area contributed by atoms with Gasteiger partial charge in [0.1, 0.15) is 11.5 Å². The monoisotopic (exact) mass is 648 g/mol. The highest BCUT2D eigenvalue weighted by molar-refractivity contribution is 7.87. The average Bonchev–Trinajstić information content (AvgIpc) is 3.02. The van der Waals surface area contributed by atoms with E-state index in [0.717, 1.165) is 22.3 Å². The molecule has 45 heavy (non-hydrogen) atoms. The first-order valence-corrected chi connectivity index (χ1v) is 17.2. The van der Waals surface area contributed by atoms with Crippen LogP contribution in [0.15, 0.2) is 101 Å². The van der Waals surface area contributed by atoms with Crippen LogP contribution >= 0.6 is 0 Å². The second-order valence-corrected chi connectivity index (χ2v) is 14.0. The van der Waals surface area contributed by atoms with E-state index in [2.05, 4.69) is 0 Å². The van der Waals surface area contributed by atoms with Crippen molar-refractivity contribution in [3.05, 3.63) is 124 Å². The van der Waals surface area contributed by atoms with Crippen molar-refractivity contribution in [2.75, 3.05) is 13.2 Å². The zero-order valence-electron chi connectivity index (χ0n) is 24.7. The van der Waals surface area contributed by atoms with Gasteiger partial charge in [0, 0.05) is 5.56 Å². The Morgan fingerprint density at radius 1 is 0.689 bits per heavy atom. The van der Waals surface area contributed by atoms with Crippen molar-refractivity contribution in [2.24, 2.45) is 0 Å². The second-order valence-electron chi connectivity index (χ2n) is 10.8. The summed E-state index contributed by atoms with van der Waals surface area (Å²) in [6.45, 7) is 3.64. The lowest BCUT2D eigenvalue weighted by Gasteiger charge is -2.39. The van der Waals surface area contributed by atoms with Crippen LogP contribution in [-0.4, -0.2) is 30.0 Å². The molecule has 11 heteroatoms. The molecule has 0 aliphatic carbocycles. The Bertz CT molecular complexity index is 1930. The molecule has 2 heterocycles. The molecule has 0 spiro atoms. The molecule has 4 aromatic rings. The minimum atomic E-state index is -3.89. The Balaban J connectivity index is 1.11. The summed E-state index contributed by atoms with van der Waals surface area (Å²) in [5.74, 6) is 1.21. The molecule has 2 bridgehead atoms. The summed E-state index contributed by atoms with van der Waals surface area (Å²) in [5.41, 5.74) is 4.93. The van der Waals surface area contributed by atoms with Crippen molar-refractivity contribution in [3.63, 3.8) is 0 Å². The van der Waals surface area contributed by atoms with Gasteiger partial charge in [0.2, 0.25) is 12.6 Å². The fraction of sp³-hybridized carbons (Fsp3) is 0.235. The largest absolute Gasteiger partial charge is 0.459 e. The van der Waals surface area contributed by atoms with Crippen molar-refractivity contribution >= 4 is 26.3 Å². The smallest absolute Gasteiger partial charge is 0.297 e. The molecule has 4 aromatic carbocycles. The van der Waals surface area contributed by atoms with Crippen LogP contribution in [0.1, 0.15) is 52.4 Å². The van der Waals surface area contributed by atoms with E-state index in [1.165, 1.54) is 24.3 Å². The lowest BCUT2D eigenvalue weighted by molar-refractivity contribution is -0.227. The van der Waals surface area contributed by atoms with Crippen LogP contribution in [0, 0.1) is 13.8 Å². The molecule has 0 radical (unpaired) electrons. The van der Waals surface area contributed by atoms with Gasteiger partial charge in [-0.2, -0.15) is 16.8 Å². The highest BCUT2D eigenvalue weighted by Gasteiger charge is 2.39. The number of hydrogen-bond donors (Lipinski definition) is 0. The van der Waals surface area contributed by atoms with Gasteiger partial charge in [-0.25, -0.2) is 0 Å². The number of hydrogen-bond acceptors (Lipinski definition) is 9. The summed E-state index contributed by atoms with van der Waals surface area (Å²) >= 11 is 0. The Morgan fingerprint density at radius 3 is 1.89 bits per heavy atom. The highest BCUT2D eigenvalue weighted by Crippen LogP contribution is 2.49. The molecule has 2 aliphatic heterocycles. The number of benzene rings is 4. The summed E-state index contributed by atoms with van der Waals surface area (Å²) in [6.07, 6.45) is 2.88. The van der Waals surface area contributed by atoms with E-state index in [1.807, 2.05) is 50.2 Å². The first-order chi connectivity index (χ1) is 21.6. The van der Waals surface area contributed by atoms with Crippen molar-refractivity contribution in [2.45, 2.75) is 49.1 Å². The third kappa shape index (κ3) is 6.82. The quantitative estimate of drug-likeness (QED) is 0.132. The van der Waals surface area contributed by atoms with Gasteiger partial charge >= 0.3 is 0 Å². The van der Waals surface area contributed by atoms with Crippen LogP contribution in [0.2, 0.25) is 0 Å². The third-order valence-electron chi connectivity index (χ3n) is 7.47. The van der Waals surface area contributed by atoms with Crippen LogP contribution in [0.25, 0.3) is 6.08 Å². The zero-order valence-corrected chi connectivity index (χ0v) is 26.3. The third-order valence-corrected chi connectivity index (χ3v) is 10.1. The minimum absolute atomic E-state index is 0.0221. The topological polar surface area (TPSA) is 114 Å². The Morgan fingerprint density at radius 2 is 1.24 bits per heavy atom. The lowest BCUT2D eigenvalue weighted by Crippen LogP contribution is -2.31. The fourth-order valence-corrected chi connectivity index (χ4v) is 6.90. The summed E-state index contributed by atoms with van der Waals surface area (Å²) in [4.78, 5) is 0.227. The summed E-state index contributed by atoms with van der Waals surface area (Å²) < 4.78 is 79.3. The van der Waals surface area contributed by atoms with Crippen LogP contribution in [0.3, 0.4) is 0 Å². The van der Waals surface area contributed by atoms with E-state index in [4.69, 9.17) is 22.6 Å². The Hall–Kier alpha value is -4.00. The van der Waals surface area contributed by atoms with E-state index >= 15 is 0 Å². The van der Waals surface area contributed by atoms with E-state index in [0.29, 0.717) is 35.5 Å². The molecule has 6 rings (SSSR count). The molecule has 0 fully saturated rings. The van der Waals surface area contributed by atoms with Crippen LogP contribution in [0.4, 0.5) is 0 Å². The first kappa shape index (κ1) is 31.0. The molecule has 0 amide bonds. The van der Waals surface area contributed by atoms with Gasteiger partial charge in [0.05, 0.1) is 34.1 Å². The van der Waals surface area contributed by atoms with Crippen molar-refractivity contribution in [3.8, 4) is 11.5 Å². The van der Waals surface area contributed by atoms with Gasteiger partial charge in [-0.15, -0.1) is 0 Å². The summed E-state index contributed by atoms with van der Waals surface area (Å²) in [5, 5.41) is 0. The molecule has 0 saturated carbocycles. The van der Waals surface area contributed by atoms with E-state index < -0.39 is 32.8 Å². The predicted octanol–water partition coefficient (Wildman–Crippen LogP) is 6.56. The van der Waals surface area contributed by atoms with Crippen LogP contribution in [-0.2, 0) is 39.8 Å². The molecular weight excluding hydrogens is 616 g/mol. The molecule has 2 atom stereocenters. The average molecular weight is 649 g/mol. The number of rotatable bonds is 11. The van der Waals surface area contributed by atoms with Gasteiger partial charge in [-0.1, -0.05) is 71.8 Å². The maximum atomic E-state index is 12.5. The molecule has 0 saturated heterocycles. The van der Waals surface area contributed by atoms with Gasteiger partial charge in [-0.05, 0) is 68.7 Å². The highest BCUT2D eigenvalue weighted by atomic mass is 32.2. The predicted molar refractivity (Wildman–Crippen MR) is 167 cm³/mol. The van der Waals surface area contributed by atoms with E-state index in [-0.39, 0.29) is 23.0 Å².